The van der Waals surface area contributed by atoms with Gasteiger partial charge in [-0.15, -0.1) is 22.7 Å². The fourth-order valence-electron chi connectivity index (χ4n) is 2.67. The predicted octanol–water partition coefficient (Wildman–Crippen LogP) is 4.60. The third-order valence-electron chi connectivity index (χ3n) is 3.89. The maximum absolute atomic E-state index is 13.1. The standard InChI is InChI=1S/C19H15N3OS2/c23-19(15-6-7-16-17(10-15)25-13-21-16)22(12-18-20-8-9-24-18)11-14-4-2-1-3-5-14/h1-10,13H,11-12H2. The Morgan fingerprint density at radius 1 is 1.00 bits per heavy atom. The summed E-state index contributed by atoms with van der Waals surface area (Å²) in [6.45, 7) is 1.06. The molecule has 0 saturated carbocycles. The normalized spacial score (nSPS) is 10.9. The number of fused-ring (bicyclic) bond motifs is 1. The lowest BCUT2D eigenvalue weighted by Gasteiger charge is -2.22. The third kappa shape index (κ3) is 3.60. The Labute approximate surface area is 153 Å². The second-order valence-electron chi connectivity index (χ2n) is 5.61. The van der Waals surface area contributed by atoms with Crippen LogP contribution in [-0.2, 0) is 13.1 Å². The number of benzene rings is 2. The second kappa shape index (κ2) is 7.13. The molecule has 2 aromatic carbocycles. The van der Waals surface area contributed by atoms with Gasteiger partial charge < -0.3 is 4.90 Å². The molecule has 0 unspecified atom stereocenters. The van der Waals surface area contributed by atoms with Crippen molar-refractivity contribution in [1.29, 1.82) is 0 Å². The number of nitrogens with zero attached hydrogens (tertiary/aromatic N) is 3. The first-order valence-electron chi connectivity index (χ1n) is 7.84. The molecule has 0 spiro atoms. The molecule has 1 amide bonds. The molecule has 25 heavy (non-hydrogen) atoms. The Morgan fingerprint density at radius 2 is 1.88 bits per heavy atom. The lowest BCUT2D eigenvalue weighted by atomic mass is 10.1. The quantitative estimate of drug-likeness (QED) is 0.519. The fourth-order valence-corrected chi connectivity index (χ4v) is 4.02. The number of rotatable bonds is 5. The van der Waals surface area contributed by atoms with Crippen LogP contribution in [0.25, 0.3) is 10.2 Å². The Hall–Kier alpha value is -2.57. The molecular weight excluding hydrogens is 350 g/mol. The molecule has 0 fully saturated rings. The third-order valence-corrected chi connectivity index (χ3v) is 5.45. The van der Waals surface area contributed by atoms with Crippen molar-refractivity contribution >= 4 is 38.8 Å². The molecule has 0 aliphatic carbocycles. The molecule has 0 atom stereocenters. The summed E-state index contributed by atoms with van der Waals surface area (Å²) in [6, 6.07) is 15.7. The van der Waals surface area contributed by atoms with Crippen molar-refractivity contribution in [2.45, 2.75) is 13.1 Å². The van der Waals surface area contributed by atoms with Gasteiger partial charge >= 0.3 is 0 Å². The first-order valence-corrected chi connectivity index (χ1v) is 9.60. The highest BCUT2D eigenvalue weighted by molar-refractivity contribution is 7.16. The topological polar surface area (TPSA) is 46.1 Å². The van der Waals surface area contributed by atoms with Crippen molar-refractivity contribution in [1.82, 2.24) is 14.9 Å². The number of hydrogen-bond donors (Lipinski definition) is 0. The molecule has 4 rings (SSSR count). The number of carbonyl (C=O) groups excluding carboxylic acids is 1. The zero-order valence-electron chi connectivity index (χ0n) is 13.3. The molecule has 0 aliphatic rings. The Bertz CT molecular complexity index is 980. The van der Waals surface area contributed by atoms with Crippen LogP contribution in [0.15, 0.2) is 65.6 Å². The van der Waals surface area contributed by atoms with Gasteiger partial charge in [-0.2, -0.15) is 0 Å². The molecule has 2 heterocycles. The van der Waals surface area contributed by atoms with E-state index in [0.29, 0.717) is 18.7 Å². The summed E-state index contributed by atoms with van der Waals surface area (Å²) < 4.78 is 1.03. The highest BCUT2D eigenvalue weighted by Crippen LogP contribution is 2.21. The summed E-state index contributed by atoms with van der Waals surface area (Å²) in [5, 5.41) is 2.87. The molecule has 4 aromatic rings. The summed E-state index contributed by atoms with van der Waals surface area (Å²) >= 11 is 3.11. The molecule has 0 bridgehead atoms. The van der Waals surface area contributed by atoms with Crippen molar-refractivity contribution < 1.29 is 4.79 Å². The predicted molar refractivity (Wildman–Crippen MR) is 102 cm³/mol. The van der Waals surface area contributed by atoms with Crippen LogP contribution in [0.3, 0.4) is 0 Å². The average molecular weight is 365 g/mol. The van der Waals surface area contributed by atoms with Gasteiger partial charge in [0.2, 0.25) is 0 Å². The summed E-state index contributed by atoms with van der Waals surface area (Å²) in [7, 11) is 0. The lowest BCUT2D eigenvalue weighted by Crippen LogP contribution is -2.30. The van der Waals surface area contributed by atoms with E-state index >= 15 is 0 Å². The number of carbonyl (C=O) groups is 1. The van der Waals surface area contributed by atoms with E-state index in [2.05, 4.69) is 9.97 Å². The van der Waals surface area contributed by atoms with Gasteiger partial charge in [0.1, 0.15) is 5.01 Å². The number of aromatic nitrogens is 2. The summed E-state index contributed by atoms with van der Waals surface area (Å²) in [5.74, 6) is 0.00866. The van der Waals surface area contributed by atoms with Gasteiger partial charge in [-0.25, -0.2) is 9.97 Å². The van der Waals surface area contributed by atoms with E-state index in [1.165, 1.54) is 0 Å². The minimum atomic E-state index is 0.00866. The summed E-state index contributed by atoms with van der Waals surface area (Å²) in [5.41, 5.74) is 4.52. The zero-order chi connectivity index (χ0) is 17.1. The molecule has 6 heteroatoms. The van der Waals surface area contributed by atoms with Gasteiger partial charge in [-0.1, -0.05) is 30.3 Å². The van der Waals surface area contributed by atoms with Crippen LogP contribution >= 0.6 is 22.7 Å². The zero-order valence-corrected chi connectivity index (χ0v) is 15.0. The fraction of sp³-hybridized carbons (Fsp3) is 0.105. The first-order chi connectivity index (χ1) is 12.3. The monoisotopic (exact) mass is 365 g/mol. The van der Waals surface area contributed by atoms with E-state index in [1.54, 1.807) is 34.4 Å². The average Bonchev–Trinajstić information content (AvgIpc) is 3.32. The van der Waals surface area contributed by atoms with Gasteiger partial charge in [0, 0.05) is 23.7 Å². The minimum absolute atomic E-state index is 0.00866. The molecule has 4 nitrogen and oxygen atoms in total. The van der Waals surface area contributed by atoms with Crippen LogP contribution in [-0.4, -0.2) is 20.8 Å². The Balaban J connectivity index is 1.64. The molecule has 0 saturated heterocycles. The minimum Gasteiger partial charge on any atom is -0.328 e. The van der Waals surface area contributed by atoms with E-state index in [9.17, 15) is 4.79 Å². The van der Waals surface area contributed by atoms with Crippen LogP contribution in [0.5, 0.6) is 0 Å². The molecule has 124 valence electrons. The van der Waals surface area contributed by atoms with Crippen LogP contribution in [0.1, 0.15) is 20.9 Å². The Kier molecular flexibility index (Phi) is 4.54. The van der Waals surface area contributed by atoms with Crippen molar-refractivity contribution in [2.24, 2.45) is 0 Å². The highest BCUT2D eigenvalue weighted by atomic mass is 32.1. The van der Waals surface area contributed by atoms with Gasteiger partial charge in [-0.05, 0) is 23.8 Å². The summed E-state index contributed by atoms with van der Waals surface area (Å²) in [4.78, 5) is 23.6. The lowest BCUT2D eigenvalue weighted by molar-refractivity contribution is 0.0730. The molecule has 0 radical (unpaired) electrons. The van der Waals surface area contributed by atoms with Crippen molar-refractivity contribution in [2.75, 3.05) is 0 Å². The van der Waals surface area contributed by atoms with Crippen LogP contribution < -0.4 is 0 Å². The van der Waals surface area contributed by atoms with E-state index in [4.69, 9.17) is 0 Å². The Morgan fingerprint density at radius 3 is 2.68 bits per heavy atom. The van der Waals surface area contributed by atoms with E-state index < -0.39 is 0 Å². The van der Waals surface area contributed by atoms with Gasteiger partial charge in [0.25, 0.3) is 5.91 Å². The largest absolute Gasteiger partial charge is 0.328 e. The maximum atomic E-state index is 13.1. The first kappa shape index (κ1) is 15.9. The van der Waals surface area contributed by atoms with Gasteiger partial charge in [-0.3, -0.25) is 4.79 Å². The van der Waals surface area contributed by atoms with E-state index in [-0.39, 0.29) is 5.91 Å². The van der Waals surface area contributed by atoms with Gasteiger partial charge in [0.15, 0.2) is 0 Å². The molecular formula is C19H15N3OS2. The van der Waals surface area contributed by atoms with Gasteiger partial charge in [0.05, 0.1) is 22.3 Å². The SMILES string of the molecule is O=C(c1ccc2ncsc2c1)N(Cc1ccccc1)Cc1nccs1. The van der Waals surface area contributed by atoms with Crippen molar-refractivity contribution in [3.05, 3.63) is 81.8 Å². The van der Waals surface area contributed by atoms with Crippen LogP contribution in [0.2, 0.25) is 0 Å². The van der Waals surface area contributed by atoms with E-state index in [0.717, 1.165) is 20.8 Å². The number of thiazole rings is 2. The summed E-state index contributed by atoms with van der Waals surface area (Å²) in [6.07, 6.45) is 1.77. The highest BCUT2D eigenvalue weighted by Gasteiger charge is 2.18. The molecule has 0 N–H and O–H groups in total. The second-order valence-corrected chi connectivity index (χ2v) is 7.47. The van der Waals surface area contributed by atoms with Crippen LogP contribution in [0, 0.1) is 0 Å². The maximum Gasteiger partial charge on any atom is 0.254 e. The van der Waals surface area contributed by atoms with Crippen molar-refractivity contribution in [3.8, 4) is 0 Å². The smallest absolute Gasteiger partial charge is 0.254 e. The number of hydrogen-bond acceptors (Lipinski definition) is 5. The van der Waals surface area contributed by atoms with Crippen molar-refractivity contribution in [3.63, 3.8) is 0 Å². The molecule has 2 aromatic heterocycles. The molecule has 0 aliphatic heterocycles. The van der Waals surface area contributed by atoms with E-state index in [1.807, 2.05) is 58.8 Å². The number of amides is 1. The van der Waals surface area contributed by atoms with Crippen LogP contribution in [0.4, 0.5) is 0 Å².